The number of benzene rings is 1. The summed E-state index contributed by atoms with van der Waals surface area (Å²) in [5, 5.41) is 0.165. The molecule has 0 bridgehead atoms. The monoisotopic (exact) mass is 403 g/mol. The number of nitrogens with one attached hydrogen (secondary N) is 1. The Labute approximate surface area is 138 Å². The molecule has 0 atom stereocenters. The summed E-state index contributed by atoms with van der Waals surface area (Å²) in [6, 6.07) is 2.98. The molecule has 0 aliphatic heterocycles. The Morgan fingerprint density at radius 2 is 1.85 bits per heavy atom. The second-order valence-corrected chi connectivity index (χ2v) is 7.50. The minimum absolute atomic E-state index is 0.0825. The molecular formula is C12H16BrCl2NO3S. The van der Waals surface area contributed by atoms with E-state index in [1.54, 1.807) is 0 Å². The molecule has 0 fully saturated rings. The number of hydrogen-bond donors (Lipinski definition) is 1. The molecule has 0 saturated heterocycles. The highest BCUT2D eigenvalue weighted by Crippen LogP contribution is 2.32. The molecule has 0 saturated carbocycles. The zero-order valence-corrected chi connectivity index (χ0v) is 14.9. The highest BCUT2D eigenvalue weighted by molar-refractivity contribution is 9.10. The first-order valence-electron chi connectivity index (χ1n) is 6.10. The number of sulfonamides is 1. The van der Waals surface area contributed by atoms with Crippen molar-refractivity contribution in [2.45, 2.75) is 24.7 Å². The average Bonchev–Trinajstić information content (AvgIpc) is 2.31. The lowest BCUT2D eigenvalue weighted by Crippen LogP contribution is -2.26. The van der Waals surface area contributed by atoms with Crippen LogP contribution in [-0.2, 0) is 14.8 Å². The third-order valence-corrected chi connectivity index (χ3v) is 5.18. The number of rotatable bonds is 8. The van der Waals surface area contributed by atoms with E-state index in [-0.39, 0.29) is 21.5 Å². The van der Waals surface area contributed by atoms with Crippen LogP contribution in [0.1, 0.15) is 19.8 Å². The van der Waals surface area contributed by atoms with Gasteiger partial charge < -0.3 is 4.74 Å². The number of ether oxygens (including phenoxy) is 1. The van der Waals surface area contributed by atoms with Gasteiger partial charge in [-0.2, -0.15) is 0 Å². The molecule has 0 unspecified atom stereocenters. The van der Waals surface area contributed by atoms with Gasteiger partial charge in [0.25, 0.3) is 0 Å². The van der Waals surface area contributed by atoms with E-state index in [0.29, 0.717) is 24.1 Å². The van der Waals surface area contributed by atoms with Gasteiger partial charge in [-0.15, -0.1) is 0 Å². The molecule has 0 heterocycles. The highest BCUT2D eigenvalue weighted by atomic mass is 79.9. The van der Waals surface area contributed by atoms with Crippen LogP contribution in [0.2, 0.25) is 10.0 Å². The van der Waals surface area contributed by atoms with Crippen molar-refractivity contribution in [3.63, 3.8) is 0 Å². The van der Waals surface area contributed by atoms with Crippen molar-refractivity contribution < 1.29 is 13.2 Å². The molecule has 1 aromatic carbocycles. The quantitative estimate of drug-likeness (QED) is 0.669. The summed E-state index contributed by atoms with van der Waals surface area (Å²) < 4.78 is 32.6. The van der Waals surface area contributed by atoms with Gasteiger partial charge in [0.1, 0.15) is 4.90 Å². The SMILES string of the molecule is CCCOCCCNS(=O)(=O)c1c(Cl)cc(Br)cc1Cl. The zero-order valence-electron chi connectivity index (χ0n) is 11.0. The molecule has 0 aromatic heterocycles. The summed E-state index contributed by atoms with van der Waals surface area (Å²) in [5.41, 5.74) is 0. The van der Waals surface area contributed by atoms with E-state index in [1.165, 1.54) is 12.1 Å². The second kappa shape index (κ2) is 8.56. The maximum atomic E-state index is 12.1. The van der Waals surface area contributed by atoms with Crippen LogP contribution in [-0.4, -0.2) is 28.2 Å². The van der Waals surface area contributed by atoms with Gasteiger partial charge in [0.05, 0.1) is 10.0 Å². The van der Waals surface area contributed by atoms with Gasteiger partial charge in [0.15, 0.2) is 0 Å². The molecule has 1 aromatic rings. The Kier molecular flexibility index (Phi) is 7.79. The van der Waals surface area contributed by atoms with Crippen LogP contribution in [0.3, 0.4) is 0 Å². The Morgan fingerprint density at radius 3 is 2.40 bits per heavy atom. The van der Waals surface area contributed by atoms with Crippen LogP contribution >= 0.6 is 39.1 Å². The van der Waals surface area contributed by atoms with Crippen molar-refractivity contribution in [3.8, 4) is 0 Å². The Bertz CT molecular complexity index is 529. The van der Waals surface area contributed by atoms with Crippen LogP contribution in [0.4, 0.5) is 0 Å². The van der Waals surface area contributed by atoms with E-state index in [2.05, 4.69) is 20.7 Å². The Hall–Kier alpha value is 0.150. The standard InChI is InChI=1S/C12H16BrCl2NO3S/c1-2-5-19-6-3-4-16-20(17,18)12-10(14)7-9(13)8-11(12)15/h7-8,16H,2-6H2,1H3. The fourth-order valence-corrected chi connectivity index (χ4v) is 4.49. The molecule has 1 N–H and O–H groups in total. The molecule has 114 valence electrons. The van der Waals surface area contributed by atoms with Crippen molar-refractivity contribution in [3.05, 3.63) is 26.7 Å². The van der Waals surface area contributed by atoms with E-state index in [9.17, 15) is 8.42 Å². The topological polar surface area (TPSA) is 55.4 Å². The van der Waals surface area contributed by atoms with Crippen LogP contribution in [0.25, 0.3) is 0 Å². The molecule has 0 aliphatic carbocycles. The molecule has 4 nitrogen and oxygen atoms in total. The first-order valence-corrected chi connectivity index (χ1v) is 9.13. The molecular weight excluding hydrogens is 389 g/mol. The second-order valence-electron chi connectivity index (χ2n) is 4.06. The van der Waals surface area contributed by atoms with Gasteiger partial charge >= 0.3 is 0 Å². The van der Waals surface area contributed by atoms with Gasteiger partial charge in [0, 0.05) is 24.2 Å². The maximum absolute atomic E-state index is 12.1. The molecule has 0 spiro atoms. The minimum atomic E-state index is -3.72. The van der Waals surface area contributed by atoms with Gasteiger partial charge in [0.2, 0.25) is 10.0 Å². The van der Waals surface area contributed by atoms with Crippen molar-refractivity contribution in [1.29, 1.82) is 0 Å². The fraction of sp³-hybridized carbons (Fsp3) is 0.500. The summed E-state index contributed by atoms with van der Waals surface area (Å²) in [6.07, 6.45) is 1.53. The zero-order chi connectivity index (χ0) is 15.2. The van der Waals surface area contributed by atoms with Crippen molar-refractivity contribution in [2.75, 3.05) is 19.8 Å². The summed E-state index contributed by atoms with van der Waals surface area (Å²) in [5.74, 6) is 0. The van der Waals surface area contributed by atoms with Crippen LogP contribution in [0, 0.1) is 0 Å². The van der Waals surface area contributed by atoms with Crippen molar-refractivity contribution >= 4 is 49.2 Å². The largest absolute Gasteiger partial charge is 0.381 e. The van der Waals surface area contributed by atoms with Gasteiger partial charge in [-0.25, -0.2) is 13.1 Å². The number of halogens is 3. The van der Waals surface area contributed by atoms with E-state index < -0.39 is 10.0 Å². The maximum Gasteiger partial charge on any atom is 0.243 e. The van der Waals surface area contributed by atoms with Gasteiger partial charge in [-0.05, 0) is 25.0 Å². The lowest BCUT2D eigenvalue weighted by Gasteiger charge is -2.10. The smallest absolute Gasteiger partial charge is 0.243 e. The molecule has 0 amide bonds. The molecule has 8 heteroatoms. The number of hydrogen-bond acceptors (Lipinski definition) is 3. The summed E-state index contributed by atoms with van der Waals surface area (Å²) in [4.78, 5) is -0.0986. The summed E-state index contributed by atoms with van der Waals surface area (Å²) >= 11 is 15.1. The average molecular weight is 405 g/mol. The third-order valence-electron chi connectivity index (χ3n) is 2.34. The van der Waals surface area contributed by atoms with Crippen LogP contribution in [0.15, 0.2) is 21.5 Å². The lowest BCUT2D eigenvalue weighted by atomic mass is 10.4. The van der Waals surface area contributed by atoms with E-state index in [0.717, 1.165) is 6.42 Å². The predicted octanol–water partition coefficient (Wildman–Crippen LogP) is 3.85. The molecule has 0 aliphatic rings. The van der Waals surface area contributed by atoms with E-state index in [4.69, 9.17) is 27.9 Å². The first-order chi connectivity index (χ1) is 9.38. The minimum Gasteiger partial charge on any atom is -0.381 e. The lowest BCUT2D eigenvalue weighted by molar-refractivity contribution is 0.133. The van der Waals surface area contributed by atoms with Crippen LogP contribution in [0.5, 0.6) is 0 Å². The van der Waals surface area contributed by atoms with Crippen molar-refractivity contribution in [1.82, 2.24) is 4.72 Å². The van der Waals surface area contributed by atoms with Gasteiger partial charge in [-0.1, -0.05) is 46.1 Å². The normalized spacial score (nSPS) is 11.8. The van der Waals surface area contributed by atoms with E-state index in [1.807, 2.05) is 6.92 Å². The van der Waals surface area contributed by atoms with Gasteiger partial charge in [-0.3, -0.25) is 0 Å². The molecule has 1 rings (SSSR count). The fourth-order valence-electron chi connectivity index (χ4n) is 1.49. The Morgan fingerprint density at radius 1 is 1.25 bits per heavy atom. The first kappa shape index (κ1) is 18.2. The third kappa shape index (κ3) is 5.50. The van der Waals surface area contributed by atoms with Crippen molar-refractivity contribution in [2.24, 2.45) is 0 Å². The van der Waals surface area contributed by atoms with Crippen LogP contribution < -0.4 is 4.72 Å². The molecule has 20 heavy (non-hydrogen) atoms. The van der Waals surface area contributed by atoms with E-state index >= 15 is 0 Å². The summed E-state index contributed by atoms with van der Waals surface area (Å²) in [6.45, 7) is 3.48. The highest BCUT2D eigenvalue weighted by Gasteiger charge is 2.21. The Balaban J connectivity index is 2.66. The predicted molar refractivity (Wildman–Crippen MR) is 85.1 cm³/mol. The molecule has 0 radical (unpaired) electrons. The summed E-state index contributed by atoms with van der Waals surface area (Å²) in [7, 11) is -3.72.